The van der Waals surface area contributed by atoms with E-state index in [4.69, 9.17) is 15.9 Å². The number of hydrogen-bond donors (Lipinski definition) is 0. The summed E-state index contributed by atoms with van der Waals surface area (Å²) in [6.07, 6.45) is 11.7. The van der Waals surface area contributed by atoms with Crippen molar-refractivity contribution in [1.29, 1.82) is 0 Å². The first kappa shape index (κ1) is 13.0. The van der Waals surface area contributed by atoms with Crippen molar-refractivity contribution in [3.63, 3.8) is 0 Å². The summed E-state index contributed by atoms with van der Waals surface area (Å²) in [5, 5.41) is 0. The van der Waals surface area contributed by atoms with Crippen LogP contribution in [0.1, 0.15) is 26.2 Å². The lowest BCUT2D eigenvalue weighted by molar-refractivity contribution is -0.188. The summed E-state index contributed by atoms with van der Waals surface area (Å²) in [6.45, 7) is 10.2. The van der Waals surface area contributed by atoms with Crippen LogP contribution < -0.4 is 0 Å². The minimum absolute atomic E-state index is 0.163. The Kier molecular flexibility index (Phi) is 4.79. The molecule has 1 fully saturated rings. The normalized spacial score (nSPS) is 26.1. The summed E-state index contributed by atoms with van der Waals surface area (Å²) in [4.78, 5) is 0. The van der Waals surface area contributed by atoms with Crippen molar-refractivity contribution in [2.24, 2.45) is 5.41 Å². The lowest BCUT2D eigenvalue weighted by atomic mass is 9.85. The molecule has 3 unspecified atom stereocenters. The minimum Gasteiger partial charge on any atom is -0.353 e. The Morgan fingerprint density at radius 1 is 1.56 bits per heavy atom. The van der Waals surface area contributed by atoms with E-state index in [2.05, 4.69) is 19.1 Å². The molecule has 0 saturated carbocycles. The maximum atomic E-state index is 5.83. The predicted octanol–water partition coefficient (Wildman–Crippen LogP) is 2.91. The number of rotatable bonds is 5. The zero-order chi connectivity index (χ0) is 12.0. The van der Waals surface area contributed by atoms with Crippen LogP contribution in [0, 0.1) is 17.8 Å². The summed E-state index contributed by atoms with van der Waals surface area (Å²) in [6, 6.07) is 0. The van der Waals surface area contributed by atoms with Gasteiger partial charge in [-0.15, -0.1) is 19.6 Å². The van der Waals surface area contributed by atoms with Crippen LogP contribution in [-0.2, 0) is 9.47 Å². The summed E-state index contributed by atoms with van der Waals surface area (Å²) in [7, 11) is 0. The molecule has 1 aliphatic heterocycles. The molecule has 1 aliphatic rings. The highest BCUT2D eigenvalue weighted by atomic mass is 16.7. The Hall–Kier alpha value is -1.04. The Labute approximate surface area is 98.3 Å². The van der Waals surface area contributed by atoms with Gasteiger partial charge in [0.2, 0.25) is 0 Å². The lowest BCUT2D eigenvalue weighted by Crippen LogP contribution is -2.35. The van der Waals surface area contributed by atoms with E-state index < -0.39 is 5.41 Å². The van der Waals surface area contributed by atoms with E-state index in [9.17, 15) is 0 Å². The first-order valence-electron chi connectivity index (χ1n) is 5.67. The van der Waals surface area contributed by atoms with Crippen LogP contribution in [0.2, 0.25) is 0 Å². The zero-order valence-corrected chi connectivity index (χ0v) is 9.95. The van der Waals surface area contributed by atoms with Gasteiger partial charge >= 0.3 is 0 Å². The van der Waals surface area contributed by atoms with Gasteiger partial charge < -0.3 is 9.47 Å². The third-order valence-corrected chi connectivity index (χ3v) is 2.98. The molecule has 0 aromatic heterocycles. The number of terminal acetylenes is 1. The summed E-state index contributed by atoms with van der Waals surface area (Å²) in [5.41, 5.74) is -0.525. The maximum Gasteiger partial charge on any atom is 0.158 e. The Morgan fingerprint density at radius 2 is 2.31 bits per heavy atom. The van der Waals surface area contributed by atoms with Gasteiger partial charge in [-0.3, -0.25) is 0 Å². The van der Waals surface area contributed by atoms with Gasteiger partial charge in [-0.05, 0) is 26.2 Å². The largest absolute Gasteiger partial charge is 0.353 e. The fourth-order valence-corrected chi connectivity index (χ4v) is 1.68. The summed E-state index contributed by atoms with van der Waals surface area (Å²) >= 11 is 0. The van der Waals surface area contributed by atoms with Crippen molar-refractivity contribution in [1.82, 2.24) is 0 Å². The van der Waals surface area contributed by atoms with Gasteiger partial charge in [0.15, 0.2) is 6.29 Å². The Morgan fingerprint density at radius 3 is 2.75 bits per heavy atom. The fourth-order valence-electron chi connectivity index (χ4n) is 1.68. The second-order valence-corrected chi connectivity index (χ2v) is 4.22. The third-order valence-electron chi connectivity index (χ3n) is 2.98. The molecule has 0 spiro atoms. The van der Waals surface area contributed by atoms with Crippen molar-refractivity contribution >= 4 is 0 Å². The third kappa shape index (κ3) is 2.98. The maximum absolute atomic E-state index is 5.83. The lowest BCUT2D eigenvalue weighted by Gasteiger charge is -2.33. The zero-order valence-electron chi connectivity index (χ0n) is 9.95. The van der Waals surface area contributed by atoms with E-state index >= 15 is 0 Å². The van der Waals surface area contributed by atoms with E-state index in [0.717, 1.165) is 25.9 Å². The van der Waals surface area contributed by atoms with Crippen LogP contribution in [0.4, 0.5) is 0 Å². The Bertz CT molecular complexity index is 284. The minimum atomic E-state index is -0.525. The second-order valence-electron chi connectivity index (χ2n) is 4.22. The van der Waals surface area contributed by atoms with Crippen LogP contribution in [0.15, 0.2) is 25.3 Å². The van der Waals surface area contributed by atoms with Gasteiger partial charge in [-0.1, -0.05) is 18.1 Å². The van der Waals surface area contributed by atoms with Crippen molar-refractivity contribution in [3.05, 3.63) is 25.3 Å². The average Bonchev–Trinajstić information content (AvgIpc) is 2.36. The van der Waals surface area contributed by atoms with Crippen molar-refractivity contribution < 1.29 is 9.47 Å². The van der Waals surface area contributed by atoms with Crippen LogP contribution in [0.5, 0.6) is 0 Å². The highest BCUT2D eigenvalue weighted by Gasteiger charge is 2.31. The molecular formula is C14H20O2. The number of ether oxygens (including phenoxy) is 2. The molecule has 0 aliphatic carbocycles. The second kappa shape index (κ2) is 5.89. The highest BCUT2D eigenvalue weighted by molar-refractivity contribution is 5.19. The fraction of sp³-hybridized carbons (Fsp3) is 0.571. The van der Waals surface area contributed by atoms with Gasteiger partial charge in [0.25, 0.3) is 0 Å². The summed E-state index contributed by atoms with van der Waals surface area (Å²) < 4.78 is 11.4. The molecule has 2 nitrogen and oxygen atoms in total. The summed E-state index contributed by atoms with van der Waals surface area (Å²) in [5.74, 6) is 2.70. The van der Waals surface area contributed by atoms with Crippen LogP contribution in [0.25, 0.3) is 0 Å². The van der Waals surface area contributed by atoms with E-state index in [0.29, 0.717) is 0 Å². The van der Waals surface area contributed by atoms with Crippen molar-refractivity contribution in [2.75, 3.05) is 6.61 Å². The molecule has 16 heavy (non-hydrogen) atoms. The van der Waals surface area contributed by atoms with Crippen LogP contribution in [0.3, 0.4) is 0 Å². The molecule has 1 saturated heterocycles. The van der Waals surface area contributed by atoms with Gasteiger partial charge in [0.1, 0.15) is 0 Å². The molecular weight excluding hydrogens is 200 g/mol. The molecule has 0 aromatic rings. The molecule has 1 heterocycles. The SMILES string of the molecule is C#CC(C)(C=C)C(C=C)OC1CCCCO1. The molecule has 0 bridgehead atoms. The molecule has 88 valence electrons. The van der Waals surface area contributed by atoms with Crippen molar-refractivity contribution in [3.8, 4) is 12.3 Å². The predicted molar refractivity (Wildman–Crippen MR) is 65.8 cm³/mol. The molecule has 0 aromatic carbocycles. The van der Waals surface area contributed by atoms with Crippen molar-refractivity contribution in [2.45, 2.75) is 38.6 Å². The van der Waals surface area contributed by atoms with E-state index in [1.807, 2.05) is 6.92 Å². The van der Waals surface area contributed by atoms with Gasteiger partial charge in [0, 0.05) is 6.61 Å². The Balaban J connectivity index is 2.64. The molecule has 0 radical (unpaired) electrons. The quantitative estimate of drug-likeness (QED) is 0.524. The smallest absolute Gasteiger partial charge is 0.158 e. The van der Waals surface area contributed by atoms with Gasteiger partial charge in [0.05, 0.1) is 11.5 Å². The van der Waals surface area contributed by atoms with Gasteiger partial charge in [-0.2, -0.15) is 0 Å². The molecule has 2 heteroatoms. The number of hydrogen-bond acceptors (Lipinski definition) is 2. The van der Waals surface area contributed by atoms with Crippen LogP contribution in [-0.4, -0.2) is 19.0 Å². The average molecular weight is 220 g/mol. The van der Waals surface area contributed by atoms with Gasteiger partial charge in [-0.25, -0.2) is 0 Å². The highest BCUT2D eigenvalue weighted by Crippen LogP contribution is 2.28. The molecule has 0 amide bonds. The molecule has 3 atom stereocenters. The first-order valence-corrected chi connectivity index (χ1v) is 5.67. The first-order chi connectivity index (χ1) is 7.66. The standard InChI is InChI=1S/C14H20O2/c1-5-12(14(4,6-2)7-3)16-13-10-8-9-11-15-13/h2,5,7,12-13H,1,3,8-11H2,4H3. The molecule has 1 rings (SSSR count). The topological polar surface area (TPSA) is 18.5 Å². The van der Waals surface area contributed by atoms with E-state index in [1.165, 1.54) is 0 Å². The monoisotopic (exact) mass is 220 g/mol. The van der Waals surface area contributed by atoms with E-state index in [-0.39, 0.29) is 12.4 Å². The van der Waals surface area contributed by atoms with Crippen LogP contribution >= 0.6 is 0 Å². The van der Waals surface area contributed by atoms with E-state index in [1.54, 1.807) is 12.2 Å². The molecule has 0 N–H and O–H groups in total.